The number of esters is 1. The second-order valence-corrected chi connectivity index (χ2v) is 3.66. The number of carbonyl (C=O) groups excluding carboxylic acids is 2. The lowest BCUT2D eigenvalue weighted by Crippen LogP contribution is -2.07. The largest absolute Gasteiger partial charge is 0.465 e. The van der Waals surface area contributed by atoms with Gasteiger partial charge in [0.15, 0.2) is 0 Å². The van der Waals surface area contributed by atoms with Crippen molar-refractivity contribution in [1.82, 2.24) is 0 Å². The molecule has 0 aliphatic heterocycles. The highest BCUT2D eigenvalue weighted by atomic mass is 16.6. The van der Waals surface area contributed by atoms with Crippen molar-refractivity contribution < 1.29 is 19.2 Å². The molecule has 0 saturated carbocycles. The van der Waals surface area contributed by atoms with E-state index < -0.39 is 10.9 Å². The Morgan fingerprint density at radius 1 is 1.39 bits per heavy atom. The molecule has 0 heterocycles. The van der Waals surface area contributed by atoms with Crippen molar-refractivity contribution in [1.29, 1.82) is 0 Å². The summed E-state index contributed by atoms with van der Waals surface area (Å²) in [5.74, 6) is -0.740. The minimum atomic E-state index is -0.647. The van der Waals surface area contributed by atoms with Gasteiger partial charge in [0, 0.05) is 24.5 Å². The maximum atomic E-state index is 11.3. The minimum absolute atomic E-state index is 0.00569. The topological polar surface area (TPSA) is 86.5 Å². The van der Waals surface area contributed by atoms with E-state index in [-0.39, 0.29) is 23.5 Å². The first kappa shape index (κ1) is 13.8. The number of Topliss-reactive ketones (excluding diaryl/α,β-unsaturated/α-hetero) is 1. The van der Waals surface area contributed by atoms with E-state index in [1.165, 1.54) is 19.2 Å². The van der Waals surface area contributed by atoms with Gasteiger partial charge < -0.3 is 4.74 Å². The molecule has 96 valence electrons. The number of hydrogen-bond donors (Lipinski definition) is 0. The van der Waals surface area contributed by atoms with Crippen LogP contribution >= 0.6 is 0 Å². The van der Waals surface area contributed by atoms with Crippen LogP contribution < -0.4 is 0 Å². The number of hydrogen-bond acceptors (Lipinski definition) is 5. The molecule has 0 aliphatic rings. The summed E-state index contributed by atoms with van der Waals surface area (Å²) in [6.07, 6.45) is 0.310. The third-order valence-electron chi connectivity index (χ3n) is 2.49. The molecule has 0 N–H and O–H groups in total. The number of rotatable bonds is 5. The maximum Gasteiger partial charge on any atom is 0.338 e. The number of carbonyl (C=O) groups is 2. The Morgan fingerprint density at radius 2 is 2.06 bits per heavy atom. The van der Waals surface area contributed by atoms with Crippen LogP contribution in [0.1, 0.15) is 29.3 Å². The molecule has 1 aromatic carbocycles. The predicted octanol–water partition coefficient (Wildman–Crippen LogP) is 1.90. The predicted molar refractivity (Wildman–Crippen MR) is 63.4 cm³/mol. The summed E-state index contributed by atoms with van der Waals surface area (Å²) in [6.45, 7) is 1.69. The standard InChI is InChI=1S/C12H13NO5/c1-3-10(14)6-8-4-5-9(12(15)18-2)7-11(8)13(16)17/h4-5,7H,3,6H2,1-2H3. The number of nitro groups is 1. The van der Waals surface area contributed by atoms with Gasteiger partial charge in [-0.05, 0) is 6.07 Å². The van der Waals surface area contributed by atoms with Crippen LogP contribution in [0.5, 0.6) is 0 Å². The first-order valence-electron chi connectivity index (χ1n) is 5.37. The van der Waals surface area contributed by atoms with Gasteiger partial charge in [-0.1, -0.05) is 13.0 Å². The summed E-state index contributed by atoms with van der Waals surface area (Å²) in [7, 11) is 1.20. The average molecular weight is 251 g/mol. The normalized spacial score (nSPS) is 9.89. The van der Waals surface area contributed by atoms with Crippen LogP contribution in [0.2, 0.25) is 0 Å². The molecule has 0 atom stereocenters. The molecule has 0 bridgehead atoms. The van der Waals surface area contributed by atoms with E-state index >= 15 is 0 Å². The van der Waals surface area contributed by atoms with Crippen LogP contribution in [0.25, 0.3) is 0 Å². The Hall–Kier alpha value is -2.24. The highest BCUT2D eigenvalue weighted by Crippen LogP contribution is 2.22. The molecule has 1 aromatic rings. The van der Waals surface area contributed by atoms with Crippen molar-refractivity contribution in [2.24, 2.45) is 0 Å². The Labute approximate surface area is 104 Å². The van der Waals surface area contributed by atoms with Crippen molar-refractivity contribution in [3.8, 4) is 0 Å². The van der Waals surface area contributed by atoms with Gasteiger partial charge >= 0.3 is 5.97 Å². The second kappa shape index (κ2) is 5.90. The van der Waals surface area contributed by atoms with Crippen LogP contribution in [0.4, 0.5) is 5.69 Å². The first-order valence-corrected chi connectivity index (χ1v) is 5.37. The van der Waals surface area contributed by atoms with Crippen LogP contribution in [-0.4, -0.2) is 23.8 Å². The lowest BCUT2D eigenvalue weighted by Gasteiger charge is -2.04. The average Bonchev–Trinajstić information content (AvgIpc) is 2.37. The fraction of sp³-hybridized carbons (Fsp3) is 0.333. The Balaban J connectivity index is 3.16. The summed E-state index contributed by atoms with van der Waals surface area (Å²) in [5, 5.41) is 10.9. The molecule has 0 amide bonds. The molecule has 6 heteroatoms. The number of benzene rings is 1. The van der Waals surface area contributed by atoms with Gasteiger partial charge in [0.2, 0.25) is 0 Å². The smallest absolute Gasteiger partial charge is 0.338 e. The van der Waals surface area contributed by atoms with E-state index in [0.29, 0.717) is 12.0 Å². The Morgan fingerprint density at radius 3 is 2.56 bits per heavy atom. The summed E-state index contributed by atoms with van der Waals surface area (Å²) in [5.41, 5.74) is 0.163. The van der Waals surface area contributed by atoms with Gasteiger partial charge in [-0.15, -0.1) is 0 Å². The number of ketones is 1. The van der Waals surface area contributed by atoms with E-state index in [2.05, 4.69) is 4.74 Å². The van der Waals surface area contributed by atoms with Crippen LogP contribution in [0.3, 0.4) is 0 Å². The summed E-state index contributed by atoms with van der Waals surface area (Å²) in [6, 6.07) is 3.96. The zero-order chi connectivity index (χ0) is 13.7. The van der Waals surface area contributed by atoms with E-state index in [1.807, 2.05) is 0 Å². The first-order chi connectivity index (χ1) is 8.49. The molecule has 6 nitrogen and oxygen atoms in total. The fourth-order valence-electron chi connectivity index (χ4n) is 1.47. The number of methoxy groups -OCH3 is 1. The molecule has 18 heavy (non-hydrogen) atoms. The number of ether oxygens (including phenoxy) is 1. The molecule has 0 aliphatic carbocycles. The molecular weight excluding hydrogens is 238 g/mol. The third kappa shape index (κ3) is 3.13. The van der Waals surface area contributed by atoms with Crippen molar-refractivity contribution in [3.05, 3.63) is 39.4 Å². The summed E-state index contributed by atoms with van der Waals surface area (Å²) >= 11 is 0. The van der Waals surface area contributed by atoms with Crippen molar-refractivity contribution in [2.75, 3.05) is 7.11 Å². The molecular formula is C12H13NO5. The van der Waals surface area contributed by atoms with Gasteiger partial charge in [-0.3, -0.25) is 14.9 Å². The third-order valence-corrected chi connectivity index (χ3v) is 2.49. The monoisotopic (exact) mass is 251 g/mol. The van der Waals surface area contributed by atoms with E-state index in [9.17, 15) is 19.7 Å². The summed E-state index contributed by atoms with van der Waals surface area (Å²) in [4.78, 5) is 32.9. The number of nitro benzene ring substituents is 1. The summed E-state index contributed by atoms with van der Waals surface area (Å²) < 4.78 is 4.48. The molecule has 0 radical (unpaired) electrons. The second-order valence-electron chi connectivity index (χ2n) is 3.66. The molecule has 0 fully saturated rings. The molecule has 0 aromatic heterocycles. The van der Waals surface area contributed by atoms with Gasteiger partial charge in [-0.2, -0.15) is 0 Å². The SMILES string of the molecule is CCC(=O)Cc1ccc(C(=O)OC)cc1[N+](=O)[O-]. The lowest BCUT2D eigenvalue weighted by atomic mass is 10.0. The quantitative estimate of drug-likeness (QED) is 0.453. The van der Waals surface area contributed by atoms with Crippen LogP contribution in [0, 0.1) is 10.1 Å². The highest BCUT2D eigenvalue weighted by Gasteiger charge is 2.19. The lowest BCUT2D eigenvalue weighted by molar-refractivity contribution is -0.385. The molecule has 0 saturated heterocycles. The Bertz CT molecular complexity index is 495. The highest BCUT2D eigenvalue weighted by molar-refractivity contribution is 5.90. The zero-order valence-corrected chi connectivity index (χ0v) is 10.1. The van der Waals surface area contributed by atoms with Gasteiger partial charge in [0.25, 0.3) is 5.69 Å². The maximum absolute atomic E-state index is 11.3. The minimum Gasteiger partial charge on any atom is -0.465 e. The molecule has 1 rings (SSSR count). The molecule has 0 unspecified atom stereocenters. The zero-order valence-electron chi connectivity index (χ0n) is 10.1. The Kier molecular flexibility index (Phi) is 4.53. The molecule has 0 spiro atoms. The van der Waals surface area contributed by atoms with Gasteiger partial charge in [0.1, 0.15) is 5.78 Å². The number of nitrogens with zero attached hydrogens (tertiary/aromatic N) is 1. The van der Waals surface area contributed by atoms with E-state index in [4.69, 9.17) is 0 Å². The van der Waals surface area contributed by atoms with E-state index in [1.54, 1.807) is 6.92 Å². The van der Waals surface area contributed by atoms with E-state index in [0.717, 1.165) is 6.07 Å². The van der Waals surface area contributed by atoms with Crippen LogP contribution in [-0.2, 0) is 16.0 Å². The van der Waals surface area contributed by atoms with Crippen molar-refractivity contribution in [3.63, 3.8) is 0 Å². The van der Waals surface area contributed by atoms with Crippen molar-refractivity contribution >= 4 is 17.4 Å². The fourth-order valence-corrected chi connectivity index (χ4v) is 1.47. The van der Waals surface area contributed by atoms with Crippen molar-refractivity contribution in [2.45, 2.75) is 19.8 Å². The van der Waals surface area contributed by atoms with Crippen LogP contribution in [0.15, 0.2) is 18.2 Å². The van der Waals surface area contributed by atoms with Gasteiger partial charge in [0.05, 0.1) is 17.6 Å². The van der Waals surface area contributed by atoms with Gasteiger partial charge in [-0.25, -0.2) is 4.79 Å².